The zero-order chi connectivity index (χ0) is 52.6. The van der Waals surface area contributed by atoms with E-state index in [1.807, 2.05) is 53.7 Å². The minimum atomic E-state index is -1.17. The fourth-order valence-corrected chi connectivity index (χ4v) is 6.54. The molecule has 0 saturated heterocycles. The molecule has 0 unspecified atom stereocenters. The molecule has 22 nitrogen and oxygen atoms in total. The Hall–Kier alpha value is -6.09. The van der Waals surface area contributed by atoms with Gasteiger partial charge < -0.3 is 56.0 Å². The highest BCUT2D eigenvalue weighted by Gasteiger charge is 2.35. The van der Waals surface area contributed by atoms with E-state index in [1.54, 1.807) is 0 Å². The van der Waals surface area contributed by atoms with Crippen molar-refractivity contribution in [2.75, 3.05) is 88.6 Å². The predicted octanol–water partition coefficient (Wildman–Crippen LogP) is -1.06. The number of carbonyl (C=O) groups excluding carboxylic acids is 11. The highest BCUT2D eigenvalue weighted by Crippen LogP contribution is 2.16. The number of allylic oxidation sites excluding steroid dienone is 2. The van der Waals surface area contributed by atoms with Gasteiger partial charge in [0.05, 0.1) is 39.3 Å². The fraction of sp³-hybridized carbons (Fsp3) is 0.717. The first-order valence-corrected chi connectivity index (χ1v) is 23.0. The highest BCUT2D eigenvalue weighted by atomic mass is 16.2. The second kappa shape index (κ2) is 31.0. The van der Waals surface area contributed by atoms with Crippen LogP contribution in [-0.4, -0.2) is 207 Å². The maximum atomic E-state index is 13.6. The molecule has 0 rings (SSSR count). The molecule has 0 aromatic heterocycles. The monoisotopic (exact) mass is 964 g/mol. The van der Waals surface area contributed by atoms with Crippen LogP contribution in [0.25, 0.3) is 0 Å². The summed E-state index contributed by atoms with van der Waals surface area (Å²) < 4.78 is 0. The lowest BCUT2D eigenvalue weighted by molar-refractivity contribution is -0.148. The molecule has 68 heavy (non-hydrogen) atoms. The third kappa shape index (κ3) is 23.1. The van der Waals surface area contributed by atoms with Crippen LogP contribution >= 0.6 is 0 Å². The maximum Gasteiger partial charge on any atom is 0.245 e. The Balaban J connectivity index is 5.40. The molecule has 386 valence electrons. The van der Waals surface area contributed by atoms with Gasteiger partial charge in [0.2, 0.25) is 65.0 Å². The summed E-state index contributed by atoms with van der Waals surface area (Å²) >= 11 is 0. The number of hydrogen-bond acceptors (Lipinski definition) is 11. The average Bonchev–Trinajstić information content (AvgIpc) is 3.27. The van der Waals surface area contributed by atoms with Crippen LogP contribution in [0.2, 0.25) is 0 Å². The molecule has 0 aliphatic carbocycles. The van der Waals surface area contributed by atoms with Crippen LogP contribution in [0.5, 0.6) is 0 Å². The molecule has 0 spiro atoms. The number of rotatable bonds is 29. The summed E-state index contributed by atoms with van der Waals surface area (Å²) in [6.45, 7) is 12.0. The van der Waals surface area contributed by atoms with Crippen LogP contribution in [-0.2, 0) is 52.7 Å². The Labute approximate surface area is 403 Å². The third-order valence-corrected chi connectivity index (χ3v) is 11.1. The molecule has 0 aliphatic heterocycles. The van der Waals surface area contributed by atoms with E-state index in [2.05, 4.69) is 26.6 Å². The lowest BCUT2D eigenvalue weighted by atomic mass is 10.0. The van der Waals surface area contributed by atoms with Crippen LogP contribution < -0.4 is 26.6 Å². The summed E-state index contributed by atoms with van der Waals surface area (Å²) in [5, 5.41) is 12.6. The zero-order valence-electron chi connectivity index (χ0n) is 43.1. The molecule has 5 atom stereocenters. The van der Waals surface area contributed by atoms with E-state index in [1.165, 1.54) is 77.9 Å². The van der Waals surface area contributed by atoms with E-state index in [0.29, 0.717) is 12.3 Å². The first kappa shape index (κ1) is 61.9. The molecule has 11 amide bonds. The molecular weight excluding hydrogens is 883 g/mol. The molecule has 22 heteroatoms. The molecule has 0 aliphatic rings. The summed E-state index contributed by atoms with van der Waals surface area (Å²) in [4.78, 5) is 149. The minimum absolute atomic E-state index is 0.0416. The molecule has 0 fully saturated rings. The van der Waals surface area contributed by atoms with Crippen molar-refractivity contribution < 1.29 is 52.7 Å². The Bertz CT molecular complexity index is 1790. The van der Waals surface area contributed by atoms with Gasteiger partial charge in [-0.1, -0.05) is 46.8 Å². The smallest absolute Gasteiger partial charge is 0.245 e. The van der Waals surface area contributed by atoms with Gasteiger partial charge in [-0.15, -0.1) is 0 Å². The molecule has 0 radical (unpaired) electrons. The molecule has 0 aromatic carbocycles. The van der Waals surface area contributed by atoms with Gasteiger partial charge in [0.1, 0.15) is 24.2 Å². The summed E-state index contributed by atoms with van der Waals surface area (Å²) in [5.41, 5.74) is 0. The number of likely N-dealkylation sites (N-methyl/N-ethyl adjacent to an activating group) is 7. The summed E-state index contributed by atoms with van der Waals surface area (Å²) in [5.74, 6) is -5.84. The van der Waals surface area contributed by atoms with Gasteiger partial charge in [-0.25, -0.2) is 0 Å². The van der Waals surface area contributed by atoms with Gasteiger partial charge in [-0.05, 0) is 64.2 Å². The van der Waals surface area contributed by atoms with Crippen molar-refractivity contribution in [3.63, 3.8) is 0 Å². The number of hydrogen-bond donors (Lipinski definition) is 5. The van der Waals surface area contributed by atoms with Crippen LogP contribution in [0.4, 0.5) is 0 Å². The quantitative estimate of drug-likeness (QED) is 0.0564. The van der Waals surface area contributed by atoms with Gasteiger partial charge in [0.15, 0.2) is 0 Å². The number of nitrogens with one attached hydrogen (secondary N) is 5. The number of carbonyl (C=O) groups is 11. The van der Waals surface area contributed by atoms with Crippen LogP contribution in [0.15, 0.2) is 12.2 Å². The normalized spacial score (nSPS) is 13.2. The second-order valence-corrected chi connectivity index (χ2v) is 18.3. The van der Waals surface area contributed by atoms with Crippen molar-refractivity contribution in [3.8, 4) is 0 Å². The number of amides is 11. The van der Waals surface area contributed by atoms with Crippen LogP contribution in [0, 0.1) is 17.8 Å². The standard InChI is InChI=1S/C46H81N11O11/c1-16-17-18-31(6)19-20-36(58)48-23-39(61)54(12)27-41(63)53(11)26-38(60)49-24-40(62)56(14)34(21-29(2)3)44(66)50-32(7)43(65)51-33(8)45(67)57(15)35(22-30(4)5)46(68)55(13)28-42(64)52(10)25-37(59)47-9/h16-17,29-35H,18-28H2,1-15H3,(H,47,59)(H,48,58)(H,49,60)(H,50,66)(H,51,65)/b17-16+/t31-,32+,33-,34+,35+/m1/s1. The molecule has 5 N–H and O–H groups in total. The van der Waals surface area contributed by atoms with Gasteiger partial charge in [0.25, 0.3) is 0 Å². The van der Waals surface area contributed by atoms with Crippen molar-refractivity contribution in [2.24, 2.45) is 17.8 Å². The van der Waals surface area contributed by atoms with Crippen molar-refractivity contribution in [3.05, 3.63) is 12.2 Å². The van der Waals surface area contributed by atoms with Gasteiger partial charge in [0, 0.05) is 55.8 Å². The van der Waals surface area contributed by atoms with E-state index in [4.69, 9.17) is 0 Å². The topological polar surface area (TPSA) is 267 Å². The van der Waals surface area contributed by atoms with E-state index in [-0.39, 0.29) is 69.1 Å². The van der Waals surface area contributed by atoms with E-state index >= 15 is 0 Å². The molecule has 0 heterocycles. The summed E-state index contributed by atoms with van der Waals surface area (Å²) in [6.07, 6.45) is 6.19. The summed E-state index contributed by atoms with van der Waals surface area (Å²) in [7, 11) is 9.84. The Morgan fingerprint density at radius 1 is 0.500 bits per heavy atom. The Morgan fingerprint density at radius 3 is 1.50 bits per heavy atom. The van der Waals surface area contributed by atoms with E-state index < -0.39 is 90.4 Å². The Kier molecular flexibility index (Phi) is 28.3. The molecule has 0 saturated carbocycles. The zero-order valence-corrected chi connectivity index (χ0v) is 43.1. The maximum absolute atomic E-state index is 13.6. The van der Waals surface area contributed by atoms with Crippen molar-refractivity contribution >= 4 is 65.0 Å². The largest absolute Gasteiger partial charge is 0.358 e. The second-order valence-electron chi connectivity index (χ2n) is 18.3. The van der Waals surface area contributed by atoms with Crippen LogP contribution in [0.3, 0.4) is 0 Å². The van der Waals surface area contributed by atoms with Gasteiger partial charge in [-0.2, -0.15) is 0 Å². The molecular formula is C46H81N11O11. The van der Waals surface area contributed by atoms with Crippen molar-refractivity contribution in [1.82, 2.24) is 56.0 Å². The average molecular weight is 964 g/mol. The lowest BCUT2D eigenvalue weighted by Gasteiger charge is -2.34. The lowest BCUT2D eigenvalue weighted by Crippen LogP contribution is -2.58. The fourth-order valence-electron chi connectivity index (χ4n) is 6.54. The minimum Gasteiger partial charge on any atom is -0.358 e. The van der Waals surface area contributed by atoms with Crippen molar-refractivity contribution in [2.45, 2.75) is 112 Å². The van der Waals surface area contributed by atoms with Gasteiger partial charge in [-0.3, -0.25) is 52.7 Å². The van der Waals surface area contributed by atoms with Gasteiger partial charge >= 0.3 is 0 Å². The first-order valence-electron chi connectivity index (χ1n) is 23.0. The summed E-state index contributed by atoms with van der Waals surface area (Å²) in [6, 6.07) is -4.38. The predicted molar refractivity (Wildman–Crippen MR) is 256 cm³/mol. The van der Waals surface area contributed by atoms with E-state index in [9.17, 15) is 52.7 Å². The Morgan fingerprint density at radius 2 is 0.971 bits per heavy atom. The SMILES string of the molecule is C/C=C/C[C@@H](C)CCC(=O)NCC(=O)N(C)CC(=O)N(C)CC(=O)NCC(=O)N(C)[C@@H](CC(C)C)C(=O)N[C@@H](C)C(=O)N[C@H](C)C(=O)N(C)[C@@H](CC(C)C)C(=O)N(C)CC(=O)N(C)CC(=O)NC. The first-order chi connectivity index (χ1) is 31.6. The van der Waals surface area contributed by atoms with E-state index in [0.717, 1.165) is 21.1 Å². The third-order valence-electron chi connectivity index (χ3n) is 11.1. The molecule has 0 bridgehead atoms. The highest BCUT2D eigenvalue weighted by molar-refractivity contribution is 5.96. The van der Waals surface area contributed by atoms with Crippen LogP contribution in [0.1, 0.15) is 87.5 Å². The molecule has 0 aromatic rings. The number of nitrogens with zero attached hydrogens (tertiary/aromatic N) is 6. The van der Waals surface area contributed by atoms with Crippen molar-refractivity contribution in [1.29, 1.82) is 0 Å².